The molecule has 0 amide bonds. The minimum atomic E-state index is 0.0377. The number of nitrogens with two attached hydrogens (primary N) is 1. The van der Waals surface area contributed by atoms with Crippen LogP contribution in [0, 0.1) is 6.92 Å². The molecule has 0 spiro atoms. The number of rotatable bonds is 4. The molecule has 19 heavy (non-hydrogen) atoms. The van der Waals surface area contributed by atoms with Gasteiger partial charge < -0.3 is 10.8 Å². The average molecular weight is 254 g/mol. The van der Waals surface area contributed by atoms with Crippen LogP contribution in [-0.2, 0) is 6.61 Å². The third kappa shape index (κ3) is 2.77. The number of hydrogen-bond donors (Lipinski definition) is 2. The molecule has 2 rings (SSSR count). The van der Waals surface area contributed by atoms with Crippen LogP contribution in [0.5, 0.6) is 0 Å². The Bertz CT molecular complexity index is 579. The van der Waals surface area contributed by atoms with Crippen molar-refractivity contribution >= 4 is 11.4 Å². The van der Waals surface area contributed by atoms with Crippen LogP contribution in [0.4, 0.5) is 11.4 Å². The van der Waals surface area contributed by atoms with Crippen LogP contribution >= 0.6 is 0 Å². The van der Waals surface area contributed by atoms with E-state index >= 15 is 0 Å². The summed E-state index contributed by atoms with van der Waals surface area (Å²) in [4.78, 5) is 1.90. The van der Waals surface area contributed by atoms with Crippen LogP contribution < -0.4 is 10.6 Å². The zero-order valence-corrected chi connectivity index (χ0v) is 11.0. The van der Waals surface area contributed by atoms with Gasteiger partial charge >= 0.3 is 0 Å². The predicted octanol–water partition coefficient (Wildman–Crippen LogP) is 3.06. The van der Waals surface area contributed by atoms with Crippen molar-refractivity contribution in [2.24, 2.45) is 5.73 Å². The SMILES string of the molecule is C=C(N)N(c1ccccc1)c1ccc(CO)cc1C. The summed E-state index contributed by atoms with van der Waals surface area (Å²) >= 11 is 0. The number of nitrogens with zero attached hydrogens (tertiary/aromatic N) is 1. The smallest absolute Gasteiger partial charge is 0.100 e. The molecule has 3 heteroatoms. The second kappa shape index (κ2) is 5.59. The Morgan fingerprint density at radius 1 is 1.21 bits per heavy atom. The second-order valence-electron chi connectivity index (χ2n) is 4.44. The summed E-state index contributed by atoms with van der Waals surface area (Å²) in [6.07, 6.45) is 0. The summed E-state index contributed by atoms with van der Waals surface area (Å²) in [6.45, 7) is 5.88. The first-order valence-corrected chi connectivity index (χ1v) is 6.13. The van der Waals surface area contributed by atoms with E-state index in [2.05, 4.69) is 6.58 Å². The Balaban J connectivity index is 2.49. The summed E-state index contributed by atoms with van der Waals surface area (Å²) < 4.78 is 0. The lowest BCUT2D eigenvalue weighted by Crippen LogP contribution is -2.22. The Labute approximate surface area is 113 Å². The van der Waals surface area contributed by atoms with Gasteiger partial charge in [-0.1, -0.05) is 36.9 Å². The minimum Gasteiger partial charge on any atom is -0.392 e. The molecule has 0 saturated carbocycles. The van der Waals surface area contributed by atoms with E-state index in [-0.39, 0.29) is 6.61 Å². The summed E-state index contributed by atoms with van der Waals surface area (Å²) in [5.74, 6) is 0.464. The molecule has 0 heterocycles. The van der Waals surface area contributed by atoms with E-state index in [4.69, 9.17) is 10.8 Å². The van der Waals surface area contributed by atoms with E-state index in [0.29, 0.717) is 5.82 Å². The third-order valence-corrected chi connectivity index (χ3v) is 2.99. The van der Waals surface area contributed by atoms with E-state index < -0.39 is 0 Å². The first-order chi connectivity index (χ1) is 9.13. The van der Waals surface area contributed by atoms with Crippen molar-refractivity contribution in [1.82, 2.24) is 0 Å². The Morgan fingerprint density at radius 2 is 1.89 bits per heavy atom. The lowest BCUT2D eigenvalue weighted by Gasteiger charge is -2.26. The topological polar surface area (TPSA) is 49.5 Å². The van der Waals surface area contributed by atoms with Gasteiger partial charge in [0.2, 0.25) is 0 Å². The van der Waals surface area contributed by atoms with Gasteiger partial charge in [0.05, 0.1) is 12.3 Å². The molecule has 0 fully saturated rings. The summed E-state index contributed by atoms with van der Waals surface area (Å²) in [5.41, 5.74) is 9.79. The van der Waals surface area contributed by atoms with Gasteiger partial charge in [-0.3, -0.25) is 4.90 Å². The summed E-state index contributed by atoms with van der Waals surface area (Å²) in [7, 11) is 0. The second-order valence-corrected chi connectivity index (χ2v) is 4.44. The Hall–Kier alpha value is -2.26. The van der Waals surface area contributed by atoms with E-state index in [0.717, 1.165) is 22.5 Å². The monoisotopic (exact) mass is 254 g/mol. The summed E-state index contributed by atoms with van der Waals surface area (Å²) in [6, 6.07) is 15.6. The predicted molar refractivity (Wildman–Crippen MR) is 79.0 cm³/mol. The number of benzene rings is 2. The average Bonchev–Trinajstić information content (AvgIpc) is 2.41. The van der Waals surface area contributed by atoms with Crippen LogP contribution in [-0.4, -0.2) is 5.11 Å². The fourth-order valence-electron chi connectivity index (χ4n) is 2.10. The van der Waals surface area contributed by atoms with Crippen molar-refractivity contribution in [3.05, 3.63) is 72.1 Å². The van der Waals surface area contributed by atoms with Crippen LogP contribution in [0.1, 0.15) is 11.1 Å². The van der Waals surface area contributed by atoms with Crippen molar-refractivity contribution in [2.75, 3.05) is 4.90 Å². The maximum Gasteiger partial charge on any atom is 0.100 e. The fraction of sp³-hybridized carbons (Fsp3) is 0.125. The maximum absolute atomic E-state index is 9.16. The van der Waals surface area contributed by atoms with Gasteiger partial charge in [0, 0.05) is 5.69 Å². The third-order valence-electron chi connectivity index (χ3n) is 2.99. The van der Waals surface area contributed by atoms with Gasteiger partial charge in [-0.25, -0.2) is 0 Å². The van der Waals surface area contributed by atoms with Crippen LogP contribution in [0.2, 0.25) is 0 Å². The van der Waals surface area contributed by atoms with Gasteiger partial charge in [0.1, 0.15) is 5.82 Å². The molecule has 0 aromatic heterocycles. The number of aliphatic hydroxyl groups is 1. The number of hydrogen-bond acceptors (Lipinski definition) is 3. The molecule has 0 bridgehead atoms. The van der Waals surface area contributed by atoms with Gasteiger partial charge in [-0.2, -0.15) is 0 Å². The lowest BCUT2D eigenvalue weighted by molar-refractivity contribution is 0.282. The van der Waals surface area contributed by atoms with Gasteiger partial charge in [-0.05, 0) is 36.2 Å². The van der Waals surface area contributed by atoms with Crippen molar-refractivity contribution in [3.63, 3.8) is 0 Å². The molecule has 3 nitrogen and oxygen atoms in total. The Morgan fingerprint density at radius 3 is 2.42 bits per heavy atom. The van der Waals surface area contributed by atoms with E-state index in [1.54, 1.807) is 0 Å². The molecule has 0 saturated heterocycles. The van der Waals surface area contributed by atoms with Crippen molar-refractivity contribution in [1.29, 1.82) is 0 Å². The van der Waals surface area contributed by atoms with Gasteiger partial charge in [-0.15, -0.1) is 0 Å². The van der Waals surface area contributed by atoms with Crippen LogP contribution in [0.3, 0.4) is 0 Å². The molecule has 0 aliphatic carbocycles. The lowest BCUT2D eigenvalue weighted by atomic mass is 10.1. The molecule has 0 unspecified atom stereocenters. The quantitative estimate of drug-likeness (QED) is 0.881. The molecule has 0 atom stereocenters. The highest BCUT2D eigenvalue weighted by molar-refractivity contribution is 5.70. The number of anilines is 2. The highest BCUT2D eigenvalue weighted by Crippen LogP contribution is 2.30. The Kier molecular flexibility index (Phi) is 3.88. The first kappa shape index (κ1) is 13.2. The highest BCUT2D eigenvalue weighted by atomic mass is 16.3. The zero-order valence-electron chi connectivity index (χ0n) is 11.0. The van der Waals surface area contributed by atoms with Crippen LogP contribution in [0.15, 0.2) is 60.9 Å². The first-order valence-electron chi connectivity index (χ1n) is 6.13. The fourth-order valence-corrected chi connectivity index (χ4v) is 2.10. The van der Waals surface area contributed by atoms with Crippen molar-refractivity contribution in [3.8, 4) is 0 Å². The number of aryl methyl sites for hydroxylation is 1. The van der Waals surface area contributed by atoms with Gasteiger partial charge in [0.15, 0.2) is 0 Å². The maximum atomic E-state index is 9.16. The molecule has 0 radical (unpaired) electrons. The van der Waals surface area contributed by atoms with E-state index in [1.165, 1.54) is 0 Å². The molecule has 98 valence electrons. The van der Waals surface area contributed by atoms with Crippen molar-refractivity contribution < 1.29 is 5.11 Å². The molecule has 2 aromatic carbocycles. The normalized spacial score (nSPS) is 10.2. The largest absolute Gasteiger partial charge is 0.392 e. The number of aliphatic hydroxyl groups excluding tert-OH is 1. The highest BCUT2D eigenvalue weighted by Gasteiger charge is 2.13. The standard InChI is InChI=1S/C16H18N2O/c1-12-10-14(11-19)8-9-16(12)18(13(2)17)15-6-4-3-5-7-15/h3-10,19H,2,11,17H2,1H3. The summed E-state index contributed by atoms with van der Waals surface area (Å²) in [5, 5.41) is 9.16. The van der Waals surface area contributed by atoms with E-state index in [1.807, 2.05) is 60.4 Å². The molecule has 0 aliphatic rings. The van der Waals surface area contributed by atoms with Crippen LogP contribution in [0.25, 0.3) is 0 Å². The molecular weight excluding hydrogens is 236 g/mol. The minimum absolute atomic E-state index is 0.0377. The zero-order chi connectivity index (χ0) is 13.8. The van der Waals surface area contributed by atoms with Gasteiger partial charge in [0.25, 0.3) is 0 Å². The molecule has 2 aromatic rings. The molecule has 0 aliphatic heterocycles. The molecular formula is C16H18N2O. The molecule has 3 N–H and O–H groups in total. The van der Waals surface area contributed by atoms with Crippen molar-refractivity contribution in [2.45, 2.75) is 13.5 Å². The van der Waals surface area contributed by atoms with E-state index in [9.17, 15) is 0 Å². The number of para-hydroxylation sites is 1.